The van der Waals surface area contributed by atoms with Crippen LogP contribution in [0, 0.1) is 11.6 Å². The van der Waals surface area contributed by atoms with Gasteiger partial charge in [-0.1, -0.05) is 0 Å². The van der Waals surface area contributed by atoms with Crippen molar-refractivity contribution in [3.63, 3.8) is 0 Å². The molecule has 138 valence electrons. The zero-order chi connectivity index (χ0) is 17.1. The number of methoxy groups -OCH3 is 1. The van der Waals surface area contributed by atoms with E-state index in [9.17, 15) is 8.78 Å². The summed E-state index contributed by atoms with van der Waals surface area (Å²) in [7, 11) is 3.68. The molecule has 1 aromatic carbocycles. The molecule has 24 heavy (non-hydrogen) atoms. The van der Waals surface area contributed by atoms with Gasteiger partial charge in [-0.25, -0.2) is 13.8 Å². The minimum atomic E-state index is -0.464. The minimum absolute atomic E-state index is 0. The lowest BCUT2D eigenvalue weighted by Gasteiger charge is -2.17. The van der Waals surface area contributed by atoms with Crippen LogP contribution < -0.4 is 10.6 Å². The number of aliphatic imine (C=N–C) groups is 1. The molecule has 0 atom stereocenters. The van der Waals surface area contributed by atoms with Gasteiger partial charge in [0.2, 0.25) is 0 Å². The second-order valence-electron chi connectivity index (χ2n) is 5.15. The van der Waals surface area contributed by atoms with Gasteiger partial charge in [-0.05, 0) is 32.2 Å². The van der Waals surface area contributed by atoms with Gasteiger partial charge < -0.3 is 20.3 Å². The zero-order valence-electron chi connectivity index (χ0n) is 14.4. The van der Waals surface area contributed by atoms with Crippen LogP contribution in [0.25, 0.3) is 0 Å². The van der Waals surface area contributed by atoms with Gasteiger partial charge in [-0.15, -0.1) is 24.0 Å². The molecule has 2 N–H and O–H groups in total. The summed E-state index contributed by atoms with van der Waals surface area (Å²) in [6.45, 7) is 5.77. The highest BCUT2D eigenvalue weighted by atomic mass is 127. The second-order valence-corrected chi connectivity index (χ2v) is 5.15. The van der Waals surface area contributed by atoms with Gasteiger partial charge in [0.15, 0.2) is 5.96 Å². The normalized spacial score (nSPS) is 11.3. The standard InChI is InChI=1S/C16H26F2N4O.HI/c1-4-19-16(20-7-8-22(2)9-10-23-3)21-12-13-11-14(17)5-6-15(13)18;/h5-6,11H,4,7-10,12H2,1-3H3,(H2,19,20,21);1H. The van der Waals surface area contributed by atoms with E-state index in [0.29, 0.717) is 25.7 Å². The Bertz CT molecular complexity index is 503. The summed E-state index contributed by atoms with van der Waals surface area (Å²) in [6.07, 6.45) is 0. The lowest BCUT2D eigenvalue weighted by Crippen LogP contribution is -2.41. The first-order valence-corrected chi connectivity index (χ1v) is 7.70. The molecule has 0 fully saturated rings. The molecule has 0 saturated heterocycles. The first kappa shape index (κ1) is 23.0. The van der Waals surface area contributed by atoms with Gasteiger partial charge in [0, 0.05) is 38.9 Å². The van der Waals surface area contributed by atoms with Gasteiger partial charge in [0.05, 0.1) is 13.2 Å². The highest BCUT2D eigenvalue weighted by Gasteiger charge is 2.04. The summed E-state index contributed by atoms with van der Waals surface area (Å²) >= 11 is 0. The molecular weight excluding hydrogens is 429 g/mol. The van der Waals surface area contributed by atoms with Crippen molar-refractivity contribution in [1.29, 1.82) is 0 Å². The monoisotopic (exact) mass is 456 g/mol. The van der Waals surface area contributed by atoms with Crippen LogP contribution in [0.3, 0.4) is 0 Å². The molecular formula is C16H27F2IN4O. The fourth-order valence-corrected chi connectivity index (χ4v) is 1.89. The molecule has 0 aliphatic carbocycles. The molecule has 0 heterocycles. The maximum atomic E-state index is 13.6. The lowest BCUT2D eigenvalue weighted by atomic mass is 10.2. The molecule has 0 amide bonds. The summed E-state index contributed by atoms with van der Waals surface area (Å²) in [4.78, 5) is 6.42. The van der Waals surface area contributed by atoms with Crippen LogP contribution in [0.2, 0.25) is 0 Å². The summed E-state index contributed by atoms with van der Waals surface area (Å²) in [6, 6.07) is 3.38. The quantitative estimate of drug-likeness (QED) is 0.340. The predicted octanol–water partition coefficient (Wildman–Crippen LogP) is 2.22. The van der Waals surface area contributed by atoms with Gasteiger partial charge in [0.25, 0.3) is 0 Å². The van der Waals surface area contributed by atoms with Crippen LogP contribution in [0.4, 0.5) is 8.78 Å². The minimum Gasteiger partial charge on any atom is -0.383 e. The van der Waals surface area contributed by atoms with E-state index in [0.717, 1.165) is 25.2 Å². The van der Waals surface area contributed by atoms with Crippen molar-refractivity contribution in [2.45, 2.75) is 13.5 Å². The first-order chi connectivity index (χ1) is 11.1. The Morgan fingerprint density at radius 1 is 1.25 bits per heavy atom. The Labute approximate surface area is 159 Å². The average molecular weight is 456 g/mol. The lowest BCUT2D eigenvalue weighted by molar-refractivity contribution is 0.162. The molecule has 0 radical (unpaired) electrons. The van der Waals surface area contributed by atoms with Crippen molar-refractivity contribution in [3.05, 3.63) is 35.4 Å². The average Bonchev–Trinajstić information content (AvgIpc) is 2.53. The summed E-state index contributed by atoms with van der Waals surface area (Å²) in [5.41, 5.74) is 0.236. The molecule has 1 rings (SSSR count). The van der Waals surface area contributed by atoms with E-state index >= 15 is 0 Å². The molecule has 8 heteroatoms. The van der Waals surface area contributed by atoms with Crippen LogP contribution >= 0.6 is 24.0 Å². The summed E-state index contributed by atoms with van der Waals surface area (Å²) in [5.74, 6) is -0.337. The summed E-state index contributed by atoms with van der Waals surface area (Å²) in [5, 5.41) is 6.26. The molecule has 0 saturated carbocycles. The second kappa shape index (κ2) is 13.3. The van der Waals surface area contributed by atoms with E-state index in [2.05, 4.69) is 20.5 Å². The predicted molar refractivity (Wildman–Crippen MR) is 104 cm³/mol. The third-order valence-electron chi connectivity index (χ3n) is 3.22. The van der Waals surface area contributed by atoms with Crippen molar-refractivity contribution in [2.75, 3.05) is 46.9 Å². The van der Waals surface area contributed by atoms with Crippen LogP contribution in [0.15, 0.2) is 23.2 Å². The Hall–Kier alpha value is -1.00. The van der Waals surface area contributed by atoms with E-state index in [1.165, 1.54) is 6.07 Å². The van der Waals surface area contributed by atoms with Crippen molar-refractivity contribution >= 4 is 29.9 Å². The number of halogens is 3. The molecule has 5 nitrogen and oxygen atoms in total. The number of ether oxygens (including phenoxy) is 1. The summed E-state index contributed by atoms with van der Waals surface area (Å²) < 4.78 is 31.8. The number of guanidine groups is 1. The van der Waals surface area contributed by atoms with Crippen molar-refractivity contribution in [3.8, 4) is 0 Å². The molecule has 0 bridgehead atoms. The van der Waals surface area contributed by atoms with E-state index in [4.69, 9.17) is 4.74 Å². The highest BCUT2D eigenvalue weighted by Crippen LogP contribution is 2.10. The van der Waals surface area contributed by atoms with Gasteiger partial charge in [0.1, 0.15) is 11.6 Å². The fraction of sp³-hybridized carbons (Fsp3) is 0.562. The maximum absolute atomic E-state index is 13.6. The zero-order valence-corrected chi connectivity index (χ0v) is 16.8. The molecule has 0 unspecified atom stereocenters. The molecule has 0 spiro atoms. The Morgan fingerprint density at radius 2 is 2.00 bits per heavy atom. The number of hydrogen-bond acceptors (Lipinski definition) is 3. The molecule has 0 aromatic heterocycles. The number of nitrogens with one attached hydrogen (secondary N) is 2. The third kappa shape index (κ3) is 9.33. The topological polar surface area (TPSA) is 48.9 Å². The molecule has 1 aromatic rings. The number of rotatable bonds is 9. The van der Waals surface area contributed by atoms with Crippen molar-refractivity contribution in [1.82, 2.24) is 15.5 Å². The Balaban J connectivity index is 0.00000529. The van der Waals surface area contributed by atoms with E-state index in [-0.39, 0.29) is 36.1 Å². The van der Waals surface area contributed by atoms with Gasteiger partial charge in [-0.3, -0.25) is 0 Å². The highest BCUT2D eigenvalue weighted by molar-refractivity contribution is 14.0. The largest absolute Gasteiger partial charge is 0.383 e. The van der Waals surface area contributed by atoms with Crippen LogP contribution in [0.1, 0.15) is 12.5 Å². The van der Waals surface area contributed by atoms with Crippen LogP contribution in [-0.2, 0) is 11.3 Å². The van der Waals surface area contributed by atoms with Crippen LogP contribution in [-0.4, -0.2) is 57.8 Å². The molecule has 0 aliphatic heterocycles. The maximum Gasteiger partial charge on any atom is 0.191 e. The van der Waals surface area contributed by atoms with Crippen molar-refractivity contribution in [2.24, 2.45) is 4.99 Å². The molecule has 0 aliphatic rings. The fourth-order valence-electron chi connectivity index (χ4n) is 1.89. The van der Waals surface area contributed by atoms with Crippen LogP contribution in [0.5, 0.6) is 0 Å². The first-order valence-electron chi connectivity index (χ1n) is 7.70. The number of hydrogen-bond donors (Lipinski definition) is 2. The van der Waals surface area contributed by atoms with E-state index in [1.807, 2.05) is 14.0 Å². The van der Waals surface area contributed by atoms with Gasteiger partial charge >= 0.3 is 0 Å². The SMILES string of the molecule is CCNC(=NCc1cc(F)ccc1F)NCCN(C)CCOC.I. The van der Waals surface area contributed by atoms with E-state index in [1.54, 1.807) is 7.11 Å². The Kier molecular flexibility index (Phi) is 12.8. The van der Waals surface area contributed by atoms with Crippen molar-refractivity contribution < 1.29 is 13.5 Å². The van der Waals surface area contributed by atoms with Gasteiger partial charge in [-0.2, -0.15) is 0 Å². The third-order valence-corrected chi connectivity index (χ3v) is 3.22. The van der Waals surface area contributed by atoms with E-state index < -0.39 is 11.6 Å². The number of likely N-dealkylation sites (N-methyl/N-ethyl adjacent to an activating group) is 1. The number of benzene rings is 1. The smallest absolute Gasteiger partial charge is 0.191 e. The Morgan fingerprint density at radius 3 is 2.67 bits per heavy atom. The number of nitrogens with zero attached hydrogens (tertiary/aromatic N) is 2.